The van der Waals surface area contributed by atoms with Crippen molar-refractivity contribution in [1.82, 2.24) is 9.97 Å². The number of piperidine rings is 1. The van der Waals surface area contributed by atoms with Crippen molar-refractivity contribution in [2.24, 2.45) is 5.92 Å². The molecule has 2 heterocycles. The van der Waals surface area contributed by atoms with Crippen LogP contribution >= 0.6 is 0 Å². The summed E-state index contributed by atoms with van der Waals surface area (Å²) < 4.78 is 27.2. The van der Waals surface area contributed by atoms with Crippen LogP contribution in [-0.2, 0) is 10.0 Å². The second-order valence-corrected chi connectivity index (χ2v) is 7.87. The molecule has 0 bridgehead atoms. The van der Waals surface area contributed by atoms with E-state index in [-0.39, 0.29) is 4.90 Å². The normalized spacial score (nSPS) is 15.6. The molecule has 0 spiro atoms. The van der Waals surface area contributed by atoms with Crippen LogP contribution < -0.4 is 9.62 Å². The van der Waals surface area contributed by atoms with E-state index >= 15 is 0 Å². The highest BCUT2D eigenvalue weighted by atomic mass is 32.2. The van der Waals surface area contributed by atoms with Gasteiger partial charge in [0.2, 0.25) is 5.95 Å². The molecule has 0 radical (unpaired) electrons. The second-order valence-electron chi connectivity index (χ2n) is 6.18. The van der Waals surface area contributed by atoms with E-state index in [4.69, 9.17) is 5.26 Å². The van der Waals surface area contributed by atoms with Gasteiger partial charge in [-0.2, -0.15) is 5.26 Å². The lowest BCUT2D eigenvalue weighted by molar-refractivity contribution is 0.434. The fourth-order valence-corrected chi connectivity index (χ4v) is 3.70. The standard InChI is InChI=1S/C17H19N5O2S/c1-13-6-8-22(9-7-13)17-19-11-15(12-20-17)21-25(23,24)16-4-2-14(10-18)3-5-16/h2-5,11-13,21H,6-9H2,1H3. The molecule has 3 rings (SSSR count). The molecule has 1 aromatic carbocycles. The zero-order chi connectivity index (χ0) is 17.9. The fourth-order valence-electron chi connectivity index (χ4n) is 2.67. The Morgan fingerprint density at radius 1 is 1.16 bits per heavy atom. The first-order chi connectivity index (χ1) is 12.0. The molecule has 0 unspecified atom stereocenters. The Balaban J connectivity index is 1.71. The third-order valence-electron chi connectivity index (χ3n) is 4.25. The predicted molar refractivity (Wildman–Crippen MR) is 94.6 cm³/mol. The lowest BCUT2D eigenvalue weighted by atomic mass is 10.00. The first-order valence-corrected chi connectivity index (χ1v) is 9.56. The first kappa shape index (κ1) is 17.2. The summed E-state index contributed by atoms with van der Waals surface area (Å²) in [6.45, 7) is 4.06. The minimum Gasteiger partial charge on any atom is -0.341 e. The van der Waals surface area contributed by atoms with Gasteiger partial charge in [-0.1, -0.05) is 6.92 Å². The van der Waals surface area contributed by atoms with Crippen molar-refractivity contribution in [3.05, 3.63) is 42.2 Å². The molecule has 0 saturated carbocycles. The van der Waals surface area contributed by atoms with Gasteiger partial charge in [-0.25, -0.2) is 18.4 Å². The number of nitrogens with zero attached hydrogens (tertiary/aromatic N) is 4. The van der Waals surface area contributed by atoms with E-state index in [0.29, 0.717) is 17.2 Å². The van der Waals surface area contributed by atoms with Gasteiger partial charge in [0.05, 0.1) is 34.6 Å². The Morgan fingerprint density at radius 2 is 1.76 bits per heavy atom. The first-order valence-electron chi connectivity index (χ1n) is 8.08. The average Bonchev–Trinajstić information content (AvgIpc) is 2.63. The Hall–Kier alpha value is -2.66. The van der Waals surface area contributed by atoms with Gasteiger partial charge in [0.25, 0.3) is 10.0 Å². The van der Waals surface area contributed by atoms with Crippen LogP contribution in [0.2, 0.25) is 0 Å². The van der Waals surface area contributed by atoms with Crippen molar-refractivity contribution in [2.45, 2.75) is 24.7 Å². The number of hydrogen-bond acceptors (Lipinski definition) is 6. The zero-order valence-corrected chi connectivity index (χ0v) is 14.7. The maximum Gasteiger partial charge on any atom is 0.261 e. The van der Waals surface area contributed by atoms with Crippen LogP contribution in [-0.4, -0.2) is 31.5 Å². The molecule has 0 atom stereocenters. The number of hydrogen-bond donors (Lipinski definition) is 1. The molecule has 0 aliphatic carbocycles. The van der Waals surface area contributed by atoms with Crippen molar-refractivity contribution < 1.29 is 8.42 Å². The van der Waals surface area contributed by atoms with Crippen LogP contribution in [0.1, 0.15) is 25.3 Å². The maximum atomic E-state index is 12.4. The lowest BCUT2D eigenvalue weighted by Crippen LogP contribution is -2.34. The average molecular weight is 357 g/mol. The third kappa shape index (κ3) is 4.06. The zero-order valence-electron chi connectivity index (χ0n) is 13.9. The lowest BCUT2D eigenvalue weighted by Gasteiger charge is -2.30. The summed E-state index contributed by atoms with van der Waals surface area (Å²) in [5.74, 6) is 1.34. The summed E-state index contributed by atoms with van der Waals surface area (Å²) in [6, 6.07) is 7.67. The Morgan fingerprint density at radius 3 is 2.32 bits per heavy atom. The monoisotopic (exact) mass is 357 g/mol. The molecule has 2 aromatic rings. The smallest absolute Gasteiger partial charge is 0.261 e. The quantitative estimate of drug-likeness (QED) is 0.902. The Bertz CT molecular complexity index is 865. The van der Waals surface area contributed by atoms with Crippen molar-refractivity contribution in [3.63, 3.8) is 0 Å². The summed E-state index contributed by atoms with van der Waals surface area (Å²) in [5, 5.41) is 8.78. The molecular formula is C17H19N5O2S. The van der Waals surface area contributed by atoms with Gasteiger partial charge in [-0.15, -0.1) is 0 Å². The van der Waals surface area contributed by atoms with Crippen molar-refractivity contribution in [1.29, 1.82) is 5.26 Å². The van der Waals surface area contributed by atoms with E-state index in [2.05, 4.69) is 26.5 Å². The molecule has 1 fully saturated rings. The Labute approximate surface area is 147 Å². The van der Waals surface area contributed by atoms with Crippen molar-refractivity contribution in [2.75, 3.05) is 22.7 Å². The molecule has 130 valence electrons. The van der Waals surface area contributed by atoms with E-state index in [9.17, 15) is 8.42 Å². The topological polar surface area (TPSA) is 99.0 Å². The SMILES string of the molecule is CC1CCN(c2ncc(NS(=O)(=O)c3ccc(C#N)cc3)cn2)CC1. The number of aromatic nitrogens is 2. The molecular weight excluding hydrogens is 338 g/mol. The highest BCUT2D eigenvalue weighted by Crippen LogP contribution is 2.21. The van der Waals surface area contributed by atoms with Crippen LogP contribution in [0.4, 0.5) is 11.6 Å². The minimum atomic E-state index is -3.74. The molecule has 8 heteroatoms. The number of nitrogens with one attached hydrogen (secondary N) is 1. The Kier molecular flexibility index (Phi) is 4.86. The van der Waals surface area contributed by atoms with Gasteiger partial charge in [0, 0.05) is 13.1 Å². The van der Waals surface area contributed by atoms with E-state index in [1.54, 1.807) is 0 Å². The molecule has 0 amide bonds. The molecule has 1 N–H and O–H groups in total. The molecule has 1 aliphatic rings. The fraction of sp³-hybridized carbons (Fsp3) is 0.353. The molecule has 7 nitrogen and oxygen atoms in total. The van der Waals surface area contributed by atoms with Crippen molar-refractivity contribution in [3.8, 4) is 6.07 Å². The summed E-state index contributed by atoms with van der Waals surface area (Å²) in [4.78, 5) is 10.7. The largest absolute Gasteiger partial charge is 0.341 e. The van der Waals surface area contributed by atoms with Gasteiger partial charge in [0.15, 0.2) is 0 Å². The summed E-state index contributed by atoms with van der Waals surface area (Å²) >= 11 is 0. The molecule has 25 heavy (non-hydrogen) atoms. The maximum absolute atomic E-state index is 12.4. The number of nitriles is 1. The number of benzene rings is 1. The molecule has 1 saturated heterocycles. The van der Waals surface area contributed by atoms with E-state index in [1.165, 1.54) is 36.7 Å². The van der Waals surface area contributed by atoms with Gasteiger partial charge < -0.3 is 4.90 Å². The number of rotatable bonds is 4. The minimum absolute atomic E-state index is 0.0839. The summed E-state index contributed by atoms with van der Waals surface area (Å²) in [5.41, 5.74) is 0.709. The highest BCUT2D eigenvalue weighted by Gasteiger charge is 2.19. The summed E-state index contributed by atoms with van der Waals surface area (Å²) in [6.07, 6.45) is 5.16. The summed E-state index contributed by atoms with van der Waals surface area (Å²) in [7, 11) is -3.74. The molecule has 1 aliphatic heterocycles. The van der Waals surface area contributed by atoms with Crippen molar-refractivity contribution >= 4 is 21.7 Å². The van der Waals surface area contributed by atoms with Crippen LogP contribution in [0, 0.1) is 17.2 Å². The van der Waals surface area contributed by atoms with Crippen LogP contribution in [0.15, 0.2) is 41.6 Å². The molecule has 1 aromatic heterocycles. The third-order valence-corrected chi connectivity index (χ3v) is 5.65. The van der Waals surface area contributed by atoms with E-state index in [0.717, 1.165) is 31.8 Å². The van der Waals surface area contributed by atoms with Crippen LogP contribution in [0.25, 0.3) is 0 Å². The van der Waals surface area contributed by atoms with Crippen LogP contribution in [0.5, 0.6) is 0 Å². The second kappa shape index (κ2) is 7.07. The van der Waals surface area contributed by atoms with Gasteiger partial charge in [0.1, 0.15) is 0 Å². The van der Waals surface area contributed by atoms with Gasteiger partial charge in [-0.05, 0) is 43.0 Å². The van der Waals surface area contributed by atoms with Gasteiger partial charge >= 0.3 is 0 Å². The number of anilines is 2. The number of sulfonamides is 1. The van der Waals surface area contributed by atoms with E-state index in [1.807, 2.05) is 6.07 Å². The highest BCUT2D eigenvalue weighted by molar-refractivity contribution is 7.92. The van der Waals surface area contributed by atoms with E-state index < -0.39 is 10.0 Å². The van der Waals surface area contributed by atoms with Crippen LogP contribution in [0.3, 0.4) is 0 Å². The predicted octanol–water partition coefficient (Wildman–Crippen LogP) is 2.39. The van der Waals surface area contributed by atoms with Gasteiger partial charge in [-0.3, -0.25) is 4.72 Å².